The van der Waals surface area contributed by atoms with Gasteiger partial charge in [0, 0.05) is 12.2 Å². The number of hydrogen-bond acceptors (Lipinski definition) is 2. The van der Waals surface area contributed by atoms with E-state index in [1.54, 1.807) is 0 Å². The molecule has 0 amide bonds. The van der Waals surface area contributed by atoms with Crippen molar-refractivity contribution in [3.8, 4) is 0 Å². The van der Waals surface area contributed by atoms with Crippen LogP contribution in [-0.4, -0.2) is 22.2 Å². The van der Waals surface area contributed by atoms with E-state index in [0.717, 1.165) is 34.1 Å². The van der Waals surface area contributed by atoms with E-state index in [0.29, 0.717) is 0 Å². The maximum atomic E-state index is 10.6. The van der Waals surface area contributed by atoms with Crippen LogP contribution < -0.4 is 0 Å². The van der Waals surface area contributed by atoms with Crippen LogP contribution in [-0.2, 0) is 9.59 Å². The van der Waals surface area contributed by atoms with E-state index in [9.17, 15) is 9.59 Å². The maximum absolute atomic E-state index is 10.6. The van der Waals surface area contributed by atoms with E-state index in [1.807, 2.05) is 36.4 Å². The molecular formula is C16H12O4. The summed E-state index contributed by atoms with van der Waals surface area (Å²) in [5.41, 5.74) is 1.52. The summed E-state index contributed by atoms with van der Waals surface area (Å²) < 4.78 is 0. The molecule has 0 aromatic heterocycles. The molecule has 0 aliphatic carbocycles. The molecule has 0 aliphatic rings. The van der Waals surface area contributed by atoms with Gasteiger partial charge < -0.3 is 10.2 Å². The minimum Gasteiger partial charge on any atom is -0.478 e. The molecule has 100 valence electrons. The number of benzene rings is 2. The van der Waals surface area contributed by atoms with Crippen molar-refractivity contribution in [2.75, 3.05) is 0 Å². The fraction of sp³-hybridized carbons (Fsp3) is 0. The van der Waals surface area contributed by atoms with Crippen molar-refractivity contribution in [3.63, 3.8) is 0 Å². The standard InChI is InChI=1S/C16H12O4/c17-15(18)8-5-11-4-6-12-2-1-3-13(14(12)10-11)7-9-16(19)20/h1-10H,(H,17,18)(H,19,20)/b8-5+,9-7+. The van der Waals surface area contributed by atoms with Crippen LogP contribution in [0.4, 0.5) is 0 Å². The summed E-state index contributed by atoms with van der Waals surface area (Å²) in [6.07, 6.45) is 5.17. The number of hydrogen-bond donors (Lipinski definition) is 2. The van der Waals surface area contributed by atoms with Crippen molar-refractivity contribution in [2.45, 2.75) is 0 Å². The van der Waals surface area contributed by atoms with E-state index in [4.69, 9.17) is 10.2 Å². The lowest BCUT2D eigenvalue weighted by Crippen LogP contribution is -1.87. The number of carboxylic acid groups (broad SMARTS) is 2. The Morgan fingerprint density at radius 3 is 2.30 bits per heavy atom. The number of carboxylic acids is 2. The number of rotatable bonds is 4. The van der Waals surface area contributed by atoms with Crippen molar-refractivity contribution in [2.24, 2.45) is 0 Å². The smallest absolute Gasteiger partial charge is 0.328 e. The van der Waals surface area contributed by atoms with Gasteiger partial charge in [0.25, 0.3) is 0 Å². The molecule has 4 nitrogen and oxygen atoms in total. The van der Waals surface area contributed by atoms with Crippen LogP contribution in [0.15, 0.2) is 48.6 Å². The number of aliphatic carboxylic acids is 2. The molecule has 0 aliphatic heterocycles. The molecule has 0 saturated heterocycles. The normalized spacial score (nSPS) is 11.4. The van der Waals surface area contributed by atoms with Crippen molar-refractivity contribution in [1.82, 2.24) is 0 Å². The average molecular weight is 268 g/mol. The average Bonchev–Trinajstić information content (AvgIpc) is 2.42. The summed E-state index contributed by atoms with van der Waals surface area (Å²) in [5.74, 6) is -2.02. The Morgan fingerprint density at radius 2 is 1.60 bits per heavy atom. The highest BCUT2D eigenvalue weighted by Crippen LogP contribution is 2.22. The van der Waals surface area contributed by atoms with Gasteiger partial charge in [0.1, 0.15) is 0 Å². The van der Waals surface area contributed by atoms with Gasteiger partial charge in [-0.05, 0) is 40.1 Å². The first-order valence-corrected chi connectivity index (χ1v) is 5.91. The summed E-state index contributed by atoms with van der Waals surface area (Å²) in [6, 6.07) is 11.1. The molecule has 0 bridgehead atoms. The van der Waals surface area contributed by atoms with Gasteiger partial charge in [0.2, 0.25) is 0 Å². The van der Waals surface area contributed by atoms with Gasteiger partial charge >= 0.3 is 11.9 Å². The zero-order valence-corrected chi connectivity index (χ0v) is 10.5. The Bertz CT molecular complexity index is 726. The Kier molecular flexibility index (Phi) is 3.96. The second kappa shape index (κ2) is 5.84. The van der Waals surface area contributed by atoms with E-state index in [-0.39, 0.29) is 0 Å². The minimum atomic E-state index is -1.01. The Labute approximate surface area is 115 Å². The van der Waals surface area contributed by atoms with Gasteiger partial charge in [0.05, 0.1) is 0 Å². The highest BCUT2D eigenvalue weighted by molar-refractivity contribution is 5.95. The zero-order chi connectivity index (χ0) is 14.5. The largest absolute Gasteiger partial charge is 0.478 e. The van der Waals surface area contributed by atoms with Crippen LogP contribution in [0.2, 0.25) is 0 Å². The van der Waals surface area contributed by atoms with Crippen molar-refractivity contribution in [1.29, 1.82) is 0 Å². The van der Waals surface area contributed by atoms with Gasteiger partial charge in [-0.3, -0.25) is 0 Å². The first-order valence-electron chi connectivity index (χ1n) is 5.91. The fourth-order valence-electron chi connectivity index (χ4n) is 1.89. The minimum absolute atomic E-state index is 0.746. The Hall–Kier alpha value is -2.88. The lowest BCUT2D eigenvalue weighted by molar-refractivity contribution is -0.132. The molecule has 4 heteroatoms. The summed E-state index contributed by atoms with van der Waals surface area (Å²) in [6.45, 7) is 0. The number of fused-ring (bicyclic) bond motifs is 1. The highest BCUT2D eigenvalue weighted by atomic mass is 16.4. The van der Waals surface area contributed by atoms with Gasteiger partial charge in [0.15, 0.2) is 0 Å². The molecule has 0 fully saturated rings. The summed E-state index contributed by atoms with van der Waals surface area (Å²) >= 11 is 0. The second-order valence-electron chi connectivity index (χ2n) is 4.17. The van der Waals surface area contributed by atoms with Gasteiger partial charge in [-0.25, -0.2) is 9.59 Å². The molecular weight excluding hydrogens is 256 g/mol. The lowest BCUT2D eigenvalue weighted by Gasteiger charge is -2.03. The fourth-order valence-corrected chi connectivity index (χ4v) is 1.89. The molecule has 2 aromatic rings. The summed E-state index contributed by atoms with van der Waals surface area (Å²) in [4.78, 5) is 21.1. The second-order valence-corrected chi connectivity index (χ2v) is 4.17. The van der Waals surface area contributed by atoms with E-state index in [2.05, 4.69) is 0 Å². The van der Waals surface area contributed by atoms with Gasteiger partial charge in [-0.2, -0.15) is 0 Å². The van der Waals surface area contributed by atoms with Crippen molar-refractivity contribution >= 4 is 34.9 Å². The molecule has 0 radical (unpaired) electrons. The third kappa shape index (κ3) is 3.32. The van der Waals surface area contributed by atoms with Gasteiger partial charge in [-0.1, -0.05) is 30.3 Å². The molecule has 0 unspecified atom stereocenters. The monoisotopic (exact) mass is 268 g/mol. The topological polar surface area (TPSA) is 74.6 Å². The molecule has 0 spiro atoms. The van der Waals surface area contributed by atoms with Crippen LogP contribution in [0, 0.1) is 0 Å². The predicted octanol–water partition coefficient (Wildman–Crippen LogP) is 3.04. The highest BCUT2D eigenvalue weighted by Gasteiger charge is 2.00. The third-order valence-corrected chi connectivity index (χ3v) is 2.76. The lowest BCUT2D eigenvalue weighted by atomic mass is 10.0. The first kappa shape index (κ1) is 13.5. The third-order valence-electron chi connectivity index (χ3n) is 2.76. The molecule has 0 saturated carbocycles. The molecule has 0 heterocycles. The Balaban J connectivity index is 2.51. The van der Waals surface area contributed by atoms with Crippen LogP contribution in [0.3, 0.4) is 0 Å². The molecule has 2 N–H and O–H groups in total. The maximum Gasteiger partial charge on any atom is 0.328 e. The van der Waals surface area contributed by atoms with E-state index < -0.39 is 11.9 Å². The molecule has 2 rings (SSSR count). The summed E-state index contributed by atoms with van der Waals surface area (Å²) in [7, 11) is 0. The first-order chi connectivity index (χ1) is 9.56. The quantitative estimate of drug-likeness (QED) is 0.836. The van der Waals surface area contributed by atoms with Crippen LogP contribution >= 0.6 is 0 Å². The van der Waals surface area contributed by atoms with Crippen LogP contribution in [0.25, 0.3) is 22.9 Å². The number of carbonyl (C=O) groups is 2. The summed E-state index contributed by atoms with van der Waals surface area (Å²) in [5, 5.41) is 19.1. The van der Waals surface area contributed by atoms with Crippen molar-refractivity contribution < 1.29 is 19.8 Å². The molecule has 20 heavy (non-hydrogen) atoms. The predicted molar refractivity (Wildman–Crippen MR) is 77.3 cm³/mol. The molecule has 0 atom stereocenters. The SMILES string of the molecule is O=C(O)/C=C/c1ccc2cccc(/C=C/C(=O)O)c2c1. The Morgan fingerprint density at radius 1 is 0.900 bits per heavy atom. The van der Waals surface area contributed by atoms with Crippen LogP contribution in [0.5, 0.6) is 0 Å². The van der Waals surface area contributed by atoms with E-state index in [1.165, 1.54) is 12.2 Å². The van der Waals surface area contributed by atoms with Gasteiger partial charge in [-0.15, -0.1) is 0 Å². The van der Waals surface area contributed by atoms with Crippen LogP contribution in [0.1, 0.15) is 11.1 Å². The zero-order valence-electron chi connectivity index (χ0n) is 10.5. The molecule has 2 aromatic carbocycles. The van der Waals surface area contributed by atoms with Crippen molar-refractivity contribution in [3.05, 3.63) is 59.7 Å². The van der Waals surface area contributed by atoms with E-state index >= 15 is 0 Å².